The largest absolute Gasteiger partial charge is 0.495 e. The Morgan fingerprint density at radius 2 is 2.10 bits per heavy atom. The molecule has 0 aliphatic carbocycles. The van der Waals surface area contributed by atoms with Crippen molar-refractivity contribution in [3.05, 3.63) is 52.8 Å². The summed E-state index contributed by atoms with van der Waals surface area (Å²) in [5, 5.41) is 9.80. The lowest BCUT2D eigenvalue weighted by molar-refractivity contribution is -0.0327. The Kier molecular flexibility index (Phi) is 6.87. The van der Waals surface area contributed by atoms with Gasteiger partial charge in [-0.15, -0.1) is 0 Å². The van der Waals surface area contributed by atoms with Crippen molar-refractivity contribution in [2.24, 2.45) is 0 Å². The van der Waals surface area contributed by atoms with Crippen LogP contribution in [0.3, 0.4) is 0 Å². The number of fused-ring (bicyclic) bond motifs is 1. The van der Waals surface area contributed by atoms with E-state index >= 15 is 0 Å². The summed E-state index contributed by atoms with van der Waals surface area (Å²) in [6.45, 7) is 0.0747. The van der Waals surface area contributed by atoms with Crippen LogP contribution >= 0.6 is 23.4 Å². The average Bonchev–Trinajstić information content (AvgIpc) is 3.07. The number of nitrogens with zero attached hydrogens (tertiary/aromatic N) is 2. The normalized spacial score (nSPS) is 11.0. The second-order valence-corrected chi connectivity index (χ2v) is 7.48. The third kappa shape index (κ3) is 5.37. The number of halogens is 4. The SMILES string of the molecule is CNC(=O)c1ccc(OC)c(NCC#Cc2nn3c(Cl)cccc3c2SC(F)(F)F)c1. The van der Waals surface area contributed by atoms with Crippen LogP contribution in [0.15, 0.2) is 41.3 Å². The molecule has 1 aromatic carbocycles. The van der Waals surface area contributed by atoms with E-state index in [4.69, 9.17) is 16.3 Å². The van der Waals surface area contributed by atoms with Gasteiger partial charge >= 0.3 is 5.51 Å². The van der Waals surface area contributed by atoms with Gasteiger partial charge in [0.05, 0.1) is 29.8 Å². The number of amides is 1. The quantitative estimate of drug-likeness (QED) is 0.329. The van der Waals surface area contributed by atoms with Crippen molar-refractivity contribution in [3.8, 4) is 17.6 Å². The summed E-state index contributed by atoms with van der Waals surface area (Å²) in [6, 6.07) is 9.39. The van der Waals surface area contributed by atoms with Crippen molar-refractivity contribution in [1.29, 1.82) is 0 Å². The molecule has 0 radical (unpaired) electrons. The van der Waals surface area contributed by atoms with E-state index in [1.807, 2.05) is 0 Å². The molecule has 11 heteroatoms. The summed E-state index contributed by atoms with van der Waals surface area (Å²) in [5.74, 6) is 5.64. The second kappa shape index (κ2) is 9.41. The van der Waals surface area contributed by atoms with E-state index in [1.54, 1.807) is 24.3 Å². The highest BCUT2D eigenvalue weighted by Gasteiger charge is 2.32. The number of pyridine rings is 1. The maximum atomic E-state index is 13.0. The van der Waals surface area contributed by atoms with E-state index in [9.17, 15) is 18.0 Å². The molecule has 0 fully saturated rings. The van der Waals surface area contributed by atoms with Crippen LogP contribution in [0, 0.1) is 11.8 Å². The lowest BCUT2D eigenvalue weighted by Crippen LogP contribution is -2.18. The van der Waals surface area contributed by atoms with Crippen LogP contribution in [-0.2, 0) is 0 Å². The summed E-state index contributed by atoms with van der Waals surface area (Å²) < 4.78 is 45.6. The summed E-state index contributed by atoms with van der Waals surface area (Å²) >= 11 is 5.75. The molecule has 31 heavy (non-hydrogen) atoms. The molecule has 0 saturated carbocycles. The second-order valence-electron chi connectivity index (χ2n) is 6.02. The first-order chi connectivity index (χ1) is 14.7. The minimum Gasteiger partial charge on any atom is -0.495 e. The van der Waals surface area contributed by atoms with Crippen molar-refractivity contribution in [2.75, 3.05) is 26.0 Å². The number of rotatable bonds is 5. The third-order valence-corrected chi connectivity index (χ3v) is 5.17. The maximum Gasteiger partial charge on any atom is 0.446 e. The monoisotopic (exact) mass is 468 g/mol. The molecular weight excluding hydrogens is 453 g/mol. The van der Waals surface area contributed by atoms with Gasteiger partial charge in [-0.1, -0.05) is 23.6 Å². The van der Waals surface area contributed by atoms with Gasteiger partial charge in [-0.2, -0.15) is 18.3 Å². The Labute approximate surface area is 185 Å². The van der Waals surface area contributed by atoms with Gasteiger partial charge in [0.1, 0.15) is 16.6 Å². The smallest absolute Gasteiger partial charge is 0.446 e. The molecule has 3 rings (SSSR count). The zero-order valence-corrected chi connectivity index (χ0v) is 17.9. The number of alkyl halides is 3. The van der Waals surface area contributed by atoms with Gasteiger partial charge in [0, 0.05) is 12.6 Å². The molecule has 0 atom stereocenters. The molecule has 2 heterocycles. The molecule has 0 aliphatic rings. The number of ether oxygens (including phenoxy) is 1. The Morgan fingerprint density at radius 3 is 2.77 bits per heavy atom. The molecule has 2 N–H and O–H groups in total. The fourth-order valence-electron chi connectivity index (χ4n) is 2.71. The van der Waals surface area contributed by atoms with Gasteiger partial charge in [-0.25, -0.2) is 4.52 Å². The summed E-state index contributed by atoms with van der Waals surface area (Å²) in [7, 11) is 3.00. The van der Waals surface area contributed by atoms with Crippen LogP contribution in [-0.4, -0.2) is 41.7 Å². The number of anilines is 1. The van der Waals surface area contributed by atoms with E-state index in [0.29, 0.717) is 17.0 Å². The maximum absolute atomic E-state index is 13.0. The topological polar surface area (TPSA) is 67.7 Å². The van der Waals surface area contributed by atoms with Crippen molar-refractivity contribution < 1.29 is 22.7 Å². The predicted molar refractivity (Wildman–Crippen MR) is 114 cm³/mol. The van der Waals surface area contributed by atoms with Crippen LogP contribution in [0.2, 0.25) is 5.15 Å². The molecule has 2 aromatic heterocycles. The van der Waals surface area contributed by atoms with Crippen LogP contribution < -0.4 is 15.4 Å². The molecule has 1 amide bonds. The number of aromatic nitrogens is 2. The third-order valence-electron chi connectivity index (χ3n) is 4.05. The molecule has 0 saturated heterocycles. The molecule has 162 valence electrons. The molecule has 0 spiro atoms. The fraction of sp³-hybridized carbons (Fsp3) is 0.200. The highest BCUT2D eigenvalue weighted by molar-refractivity contribution is 8.00. The van der Waals surface area contributed by atoms with Gasteiger partial charge < -0.3 is 15.4 Å². The summed E-state index contributed by atoms with van der Waals surface area (Å²) in [4.78, 5) is 11.7. The predicted octanol–water partition coefficient (Wildman–Crippen LogP) is 4.43. The van der Waals surface area contributed by atoms with Crippen molar-refractivity contribution in [2.45, 2.75) is 10.4 Å². The Hall–Kier alpha value is -3.03. The van der Waals surface area contributed by atoms with Crippen LogP contribution in [0.1, 0.15) is 16.1 Å². The first-order valence-corrected chi connectivity index (χ1v) is 9.99. The number of carbonyl (C=O) groups excluding carboxylic acids is 1. The zero-order valence-electron chi connectivity index (χ0n) is 16.3. The molecular formula is C20H16ClF3N4O2S. The van der Waals surface area contributed by atoms with E-state index in [0.717, 1.165) is 0 Å². The van der Waals surface area contributed by atoms with Gasteiger partial charge in [-0.05, 0) is 48.0 Å². The number of hydrogen-bond donors (Lipinski definition) is 2. The highest BCUT2D eigenvalue weighted by atomic mass is 35.5. The van der Waals surface area contributed by atoms with Gasteiger partial charge in [0.15, 0.2) is 0 Å². The molecule has 6 nitrogen and oxygen atoms in total. The van der Waals surface area contributed by atoms with E-state index in [1.165, 1.54) is 30.8 Å². The van der Waals surface area contributed by atoms with Crippen LogP contribution in [0.4, 0.5) is 18.9 Å². The number of hydrogen-bond acceptors (Lipinski definition) is 5. The number of thioether (sulfide) groups is 1. The van der Waals surface area contributed by atoms with Gasteiger partial charge in [0.25, 0.3) is 5.91 Å². The molecule has 0 aliphatic heterocycles. The van der Waals surface area contributed by atoms with Gasteiger partial charge in [0.2, 0.25) is 0 Å². The van der Waals surface area contributed by atoms with Crippen LogP contribution in [0.25, 0.3) is 5.52 Å². The number of nitrogens with one attached hydrogen (secondary N) is 2. The van der Waals surface area contributed by atoms with E-state index in [-0.39, 0.29) is 45.5 Å². The fourth-order valence-corrected chi connectivity index (χ4v) is 3.59. The van der Waals surface area contributed by atoms with E-state index < -0.39 is 5.51 Å². The zero-order chi connectivity index (χ0) is 22.6. The van der Waals surface area contributed by atoms with Crippen LogP contribution in [0.5, 0.6) is 5.75 Å². The first-order valence-electron chi connectivity index (χ1n) is 8.79. The Morgan fingerprint density at radius 1 is 1.32 bits per heavy atom. The number of methoxy groups -OCH3 is 1. The lowest BCUT2D eigenvalue weighted by atomic mass is 10.1. The number of benzene rings is 1. The average molecular weight is 469 g/mol. The molecule has 3 aromatic rings. The Balaban J connectivity index is 1.87. The minimum atomic E-state index is -4.51. The Bertz CT molecular complexity index is 1180. The summed E-state index contributed by atoms with van der Waals surface area (Å²) in [5.41, 5.74) is -3.40. The molecule has 0 unspecified atom stereocenters. The highest BCUT2D eigenvalue weighted by Crippen LogP contribution is 2.41. The standard InChI is InChI=1S/C20H16ClF3N4O2S/c1-25-19(29)12-8-9-16(30-2)14(11-12)26-10-4-5-13-18(31-20(22,23)24)15-6-3-7-17(21)28(15)27-13/h3,6-9,11,26H,10H2,1-2H3,(H,25,29). The first kappa shape index (κ1) is 22.7. The number of carbonyl (C=O) groups is 1. The van der Waals surface area contributed by atoms with Crippen molar-refractivity contribution in [1.82, 2.24) is 14.9 Å². The van der Waals surface area contributed by atoms with E-state index in [2.05, 4.69) is 27.6 Å². The summed E-state index contributed by atoms with van der Waals surface area (Å²) in [6.07, 6.45) is 0. The van der Waals surface area contributed by atoms with Crippen molar-refractivity contribution in [3.63, 3.8) is 0 Å². The van der Waals surface area contributed by atoms with Gasteiger partial charge in [-0.3, -0.25) is 4.79 Å². The minimum absolute atomic E-state index is 0.0386. The van der Waals surface area contributed by atoms with Crippen molar-refractivity contribution >= 4 is 40.5 Å². The lowest BCUT2D eigenvalue weighted by Gasteiger charge is -2.10. The molecule has 0 bridgehead atoms.